The van der Waals surface area contributed by atoms with E-state index in [1.165, 1.54) is 33.3 Å². The summed E-state index contributed by atoms with van der Waals surface area (Å²) in [5, 5.41) is 9.23. The molecule has 1 heterocycles. The molecule has 0 fully saturated rings. The Bertz CT molecular complexity index is 246. The van der Waals surface area contributed by atoms with Crippen LogP contribution in [0.1, 0.15) is 6.92 Å². The first kappa shape index (κ1) is 11.3. The molecule has 0 amide bonds. The summed E-state index contributed by atoms with van der Waals surface area (Å²) in [5.74, 6) is -0.295. The average molecular weight is 202 g/mol. The highest BCUT2D eigenvalue weighted by Gasteiger charge is 2.45. The van der Waals surface area contributed by atoms with Gasteiger partial charge in [0.2, 0.25) is 0 Å². The van der Waals surface area contributed by atoms with Crippen LogP contribution in [0.25, 0.3) is 0 Å². The van der Waals surface area contributed by atoms with Crippen LogP contribution in [0.15, 0.2) is 12.2 Å². The zero-order valence-corrected chi connectivity index (χ0v) is 8.39. The van der Waals surface area contributed by atoms with Crippen LogP contribution in [0.2, 0.25) is 0 Å². The van der Waals surface area contributed by atoms with E-state index in [9.17, 15) is 9.90 Å². The Labute approximate surface area is 82.3 Å². The number of hydrogen-bond donors (Lipinski definition) is 1. The molecule has 1 aliphatic rings. The van der Waals surface area contributed by atoms with Crippen LogP contribution in [-0.2, 0) is 19.0 Å². The van der Waals surface area contributed by atoms with Gasteiger partial charge in [0.1, 0.15) is 0 Å². The van der Waals surface area contributed by atoms with Crippen LogP contribution in [0.3, 0.4) is 0 Å². The molecule has 5 nitrogen and oxygen atoms in total. The van der Waals surface area contributed by atoms with Crippen LogP contribution < -0.4 is 0 Å². The van der Waals surface area contributed by atoms with Gasteiger partial charge in [-0.2, -0.15) is 0 Å². The summed E-state index contributed by atoms with van der Waals surface area (Å²) in [6.45, 7) is 1.51. The fraction of sp³-hybridized carbons (Fsp3) is 0.667. The van der Waals surface area contributed by atoms with E-state index in [-0.39, 0.29) is 5.78 Å². The Morgan fingerprint density at radius 3 is 2.64 bits per heavy atom. The van der Waals surface area contributed by atoms with Crippen LogP contribution in [0.4, 0.5) is 0 Å². The fourth-order valence-corrected chi connectivity index (χ4v) is 1.40. The second-order valence-corrected chi connectivity index (χ2v) is 3.14. The van der Waals surface area contributed by atoms with Crippen molar-refractivity contribution >= 4 is 5.78 Å². The normalized spacial score (nSPS) is 32.6. The molecular formula is C9H14O5. The summed E-state index contributed by atoms with van der Waals surface area (Å²) in [6.07, 6.45) is 0.589. The number of carbonyl (C=O) groups excluding carboxylic acids is 1. The minimum absolute atomic E-state index is 0.295. The largest absolute Gasteiger partial charge is 0.365 e. The van der Waals surface area contributed by atoms with Crippen molar-refractivity contribution in [3.63, 3.8) is 0 Å². The number of carbonyl (C=O) groups is 1. The molecule has 0 aromatic heterocycles. The number of aliphatic hydroxyl groups excluding tert-OH is 1. The van der Waals surface area contributed by atoms with E-state index < -0.39 is 18.2 Å². The zero-order chi connectivity index (χ0) is 10.8. The standard InChI is InChI=1S/C9H14O5/c1-9(8(12-2)13-3)6(10)4-5-7(11)14-9/h4-5,7-8,11H,1-3H3. The predicted molar refractivity (Wildman–Crippen MR) is 47.4 cm³/mol. The van der Waals surface area contributed by atoms with Crippen LogP contribution in [0.5, 0.6) is 0 Å². The molecule has 1 aliphatic heterocycles. The van der Waals surface area contributed by atoms with Crippen molar-refractivity contribution in [2.45, 2.75) is 25.1 Å². The molecule has 5 heteroatoms. The molecule has 0 radical (unpaired) electrons. The van der Waals surface area contributed by atoms with Crippen molar-refractivity contribution in [2.24, 2.45) is 0 Å². The van der Waals surface area contributed by atoms with E-state index in [0.29, 0.717) is 0 Å². The molecule has 14 heavy (non-hydrogen) atoms. The van der Waals surface area contributed by atoms with Crippen molar-refractivity contribution in [2.75, 3.05) is 14.2 Å². The number of aliphatic hydroxyl groups is 1. The minimum atomic E-state index is -1.29. The Morgan fingerprint density at radius 2 is 2.14 bits per heavy atom. The first-order valence-corrected chi connectivity index (χ1v) is 4.18. The van der Waals surface area contributed by atoms with Gasteiger partial charge in [-0.05, 0) is 19.1 Å². The first-order valence-electron chi connectivity index (χ1n) is 4.18. The van der Waals surface area contributed by atoms with Gasteiger partial charge < -0.3 is 19.3 Å². The lowest BCUT2D eigenvalue weighted by Crippen LogP contribution is -2.53. The van der Waals surface area contributed by atoms with Crippen molar-refractivity contribution in [3.05, 3.63) is 12.2 Å². The van der Waals surface area contributed by atoms with Gasteiger partial charge in [-0.15, -0.1) is 0 Å². The predicted octanol–water partition coefficient (Wildman–Crippen LogP) is -0.162. The molecule has 0 saturated heterocycles. The third kappa shape index (κ3) is 1.85. The summed E-state index contributed by atoms with van der Waals surface area (Å²) in [7, 11) is 2.81. The molecule has 80 valence electrons. The first-order chi connectivity index (χ1) is 6.54. The number of ketones is 1. The van der Waals surface area contributed by atoms with E-state index in [0.717, 1.165) is 0 Å². The quantitative estimate of drug-likeness (QED) is 0.644. The SMILES string of the molecule is COC(OC)C1(C)OC(O)C=CC1=O. The fourth-order valence-electron chi connectivity index (χ4n) is 1.40. The lowest BCUT2D eigenvalue weighted by molar-refractivity contribution is -0.256. The smallest absolute Gasteiger partial charge is 0.193 e. The number of methoxy groups -OCH3 is 2. The van der Waals surface area contributed by atoms with Gasteiger partial charge in [0, 0.05) is 14.2 Å². The third-order valence-corrected chi connectivity index (χ3v) is 2.14. The maximum atomic E-state index is 11.5. The van der Waals surface area contributed by atoms with E-state index in [1.54, 1.807) is 0 Å². The van der Waals surface area contributed by atoms with Crippen LogP contribution in [-0.4, -0.2) is 43.3 Å². The highest BCUT2D eigenvalue weighted by atomic mass is 16.7. The maximum Gasteiger partial charge on any atom is 0.193 e. The molecule has 0 spiro atoms. The minimum Gasteiger partial charge on any atom is -0.365 e. The Hall–Kier alpha value is -0.750. The van der Waals surface area contributed by atoms with E-state index >= 15 is 0 Å². The lowest BCUT2D eigenvalue weighted by atomic mass is 9.97. The molecule has 0 bridgehead atoms. The van der Waals surface area contributed by atoms with Gasteiger partial charge in [-0.25, -0.2) is 0 Å². The second kappa shape index (κ2) is 4.18. The molecule has 2 atom stereocenters. The van der Waals surface area contributed by atoms with Gasteiger partial charge in [0.25, 0.3) is 0 Å². The van der Waals surface area contributed by atoms with Crippen molar-refractivity contribution in [1.29, 1.82) is 0 Å². The van der Waals surface area contributed by atoms with E-state index in [2.05, 4.69) is 0 Å². The van der Waals surface area contributed by atoms with Crippen molar-refractivity contribution in [3.8, 4) is 0 Å². The maximum absolute atomic E-state index is 11.5. The lowest BCUT2D eigenvalue weighted by Gasteiger charge is -2.36. The zero-order valence-electron chi connectivity index (χ0n) is 8.39. The van der Waals surface area contributed by atoms with Gasteiger partial charge >= 0.3 is 0 Å². The average Bonchev–Trinajstić information content (AvgIpc) is 2.14. The number of hydrogen-bond acceptors (Lipinski definition) is 5. The summed E-state index contributed by atoms with van der Waals surface area (Å²) >= 11 is 0. The second-order valence-electron chi connectivity index (χ2n) is 3.14. The van der Waals surface area contributed by atoms with Gasteiger partial charge in [0.05, 0.1) is 0 Å². The molecule has 0 aromatic rings. The topological polar surface area (TPSA) is 65.0 Å². The number of ether oxygens (including phenoxy) is 3. The molecule has 0 saturated carbocycles. The monoisotopic (exact) mass is 202 g/mol. The van der Waals surface area contributed by atoms with Crippen molar-refractivity contribution < 1.29 is 24.1 Å². The summed E-state index contributed by atoms with van der Waals surface area (Å²) < 4.78 is 15.0. The third-order valence-electron chi connectivity index (χ3n) is 2.14. The Balaban J connectivity index is 2.91. The Kier molecular flexibility index (Phi) is 3.38. The highest BCUT2D eigenvalue weighted by molar-refractivity contribution is 5.97. The van der Waals surface area contributed by atoms with Crippen molar-refractivity contribution in [1.82, 2.24) is 0 Å². The van der Waals surface area contributed by atoms with Gasteiger partial charge in [0.15, 0.2) is 24.0 Å². The molecule has 2 unspecified atom stereocenters. The van der Waals surface area contributed by atoms with E-state index in [4.69, 9.17) is 14.2 Å². The van der Waals surface area contributed by atoms with Gasteiger partial charge in [-0.1, -0.05) is 0 Å². The number of rotatable bonds is 3. The summed E-state index contributed by atoms with van der Waals surface area (Å²) in [6, 6.07) is 0. The molecule has 0 aromatic carbocycles. The summed E-state index contributed by atoms with van der Waals surface area (Å²) in [5.41, 5.74) is -1.29. The summed E-state index contributed by atoms with van der Waals surface area (Å²) in [4.78, 5) is 11.5. The highest BCUT2D eigenvalue weighted by Crippen LogP contribution is 2.25. The van der Waals surface area contributed by atoms with Crippen LogP contribution in [0, 0.1) is 0 Å². The van der Waals surface area contributed by atoms with E-state index in [1.807, 2.05) is 0 Å². The molecular weight excluding hydrogens is 188 g/mol. The van der Waals surface area contributed by atoms with Gasteiger partial charge in [-0.3, -0.25) is 4.79 Å². The van der Waals surface area contributed by atoms with Crippen LogP contribution >= 0.6 is 0 Å². The molecule has 0 aliphatic carbocycles. The molecule has 1 N–H and O–H groups in total. The molecule has 1 rings (SSSR count). The Morgan fingerprint density at radius 1 is 1.57 bits per heavy atom.